The molecule has 98 valence electrons. The molecule has 0 aliphatic carbocycles. The minimum absolute atomic E-state index is 0.231. The number of nitrogens with zero attached hydrogens (tertiary/aromatic N) is 1. The fourth-order valence-corrected chi connectivity index (χ4v) is 3.06. The van der Waals surface area contributed by atoms with Gasteiger partial charge in [0.15, 0.2) is 0 Å². The number of carbonyl (C=O) groups excluding carboxylic acids is 1. The molecule has 2 nitrogen and oxygen atoms in total. The molecule has 18 heavy (non-hydrogen) atoms. The maximum absolute atomic E-state index is 12.2. The maximum Gasteiger partial charge on any atom is 0.223 e. The molecule has 3 heteroatoms. The molecule has 2 rings (SSSR count). The van der Waals surface area contributed by atoms with Crippen LogP contribution in [0.4, 0.5) is 0 Å². The number of benzene rings is 1. The smallest absolute Gasteiger partial charge is 0.223 e. The van der Waals surface area contributed by atoms with Gasteiger partial charge in [-0.2, -0.15) is 0 Å². The highest BCUT2D eigenvalue weighted by atomic mass is 35.5. The Morgan fingerprint density at radius 1 is 1.39 bits per heavy atom. The monoisotopic (exact) mass is 265 g/mol. The number of hydrogen-bond acceptors (Lipinski definition) is 1. The van der Waals surface area contributed by atoms with Crippen LogP contribution in [0.15, 0.2) is 30.3 Å². The number of carbonyl (C=O) groups is 1. The fourth-order valence-electron chi connectivity index (χ4n) is 2.59. The van der Waals surface area contributed by atoms with Crippen LogP contribution in [-0.4, -0.2) is 29.3 Å². The summed E-state index contributed by atoms with van der Waals surface area (Å²) in [5.41, 5.74) is 1.22. The van der Waals surface area contributed by atoms with E-state index >= 15 is 0 Å². The molecule has 0 aromatic heterocycles. The maximum atomic E-state index is 12.2. The first-order chi connectivity index (χ1) is 8.72. The first-order valence-corrected chi connectivity index (χ1v) is 7.15. The highest BCUT2D eigenvalue weighted by Crippen LogP contribution is 2.25. The largest absolute Gasteiger partial charge is 0.338 e. The van der Waals surface area contributed by atoms with Crippen LogP contribution in [0.2, 0.25) is 0 Å². The molecule has 2 unspecified atom stereocenters. The van der Waals surface area contributed by atoms with Gasteiger partial charge in [-0.3, -0.25) is 4.79 Å². The number of halogens is 1. The Labute approximate surface area is 114 Å². The molecule has 1 amide bonds. The second-order valence-electron chi connectivity index (χ2n) is 5.06. The van der Waals surface area contributed by atoms with Gasteiger partial charge in [0.05, 0.1) is 0 Å². The van der Waals surface area contributed by atoms with Crippen molar-refractivity contribution < 1.29 is 4.79 Å². The molecule has 1 saturated heterocycles. The van der Waals surface area contributed by atoms with E-state index in [2.05, 4.69) is 19.1 Å². The standard InChI is InChI=1S/C15H20ClNO/c1-12-9-10-17(14(12)11-16)15(18)8-7-13-5-3-2-4-6-13/h2-6,12,14H,7-11H2,1H3. The lowest BCUT2D eigenvalue weighted by Crippen LogP contribution is -2.38. The first kappa shape index (κ1) is 13.4. The third-order valence-corrected chi connectivity index (χ3v) is 4.15. The molecule has 0 radical (unpaired) electrons. The van der Waals surface area contributed by atoms with E-state index in [0.717, 1.165) is 19.4 Å². The Kier molecular flexibility index (Phi) is 4.65. The van der Waals surface area contributed by atoms with Crippen LogP contribution in [0.3, 0.4) is 0 Å². The summed E-state index contributed by atoms with van der Waals surface area (Å²) in [6.45, 7) is 3.05. The van der Waals surface area contributed by atoms with Crippen LogP contribution in [0.5, 0.6) is 0 Å². The minimum Gasteiger partial charge on any atom is -0.338 e. The zero-order valence-electron chi connectivity index (χ0n) is 10.8. The minimum atomic E-state index is 0.231. The number of aryl methyl sites for hydroxylation is 1. The van der Waals surface area contributed by atoms with Gasteiger partial charge < -0.3 is 4.90 Å². The van der Waals surface area contributed by atoms with Crippen molar-refractivity contribution in [3.05, 3.63) is 35.9 Å². The highest BCUT2D eigenvalue weighted by Gasteiger charge is 2.33. The summed E-state index contributed by atoms with van der Waals surface area (Å²) >= 11 is 5.96. The number of alkyl halides is 1. The number of amides is 1. The van der Waals surface area contributed by atoms with E-state index in [4.69, 9.17) is 11.6 Å². The molecule has 1 fully saturated rings. The first-order valence-electron chi connectivity index (χ1n) is 6.61. The molecule has 0 saturated carbocycles. The SMILES string of the molecule is CC1CCN(C(=O)CCc2ccccc2)C1CCl. The summed E-state index contributed by atoms with van der Waals surface area (Å²) in [5.74, 6) is 1.33. The van der Waals surface area contributed by atoms with Gasteiger partial charge in [-0.15, -0.1) is 11.6 Å². The molecular weight excluding hydrogens is 246 g/mol. The van der Waals surface area contributed by atoms with Gasteiger partial charge in [0.1, 0.15) is 0 Å². The van der Waals surface area contributed by atoms with Gasteiger partial charge in [0.25, 0.3) is 0 Å². The normalized spacial score (nSPS) is 23.3. The van der Waals surface area contributed by atoms with Crippen molar-refractivity contribution in [3.8, 4) is 0 Å². The molecule has 1 aromatic rings. The quantitative estimate of drug-likeness (QED) is 0.766. The van der Waals surface area contributed by atoms with Crippen LogP contribution < -0.4 is 0 Å². The molecular formula is C15H20ClNO. The molecule has 0 N–H and O–H groups in total. The summed E-state index contributed by atoms with van der Waals surface area (Å²) in [4.78, 5) is 14.2. The Hall–Kier alpha value is -1.02. The second kappa shape index (κ2) is 6.24. The van der Waals surface area contributed by atoms with Crippen molar-refractivity contribution in [3.63, 3.8) is 0 Å². The predicted octanol–water partition coefficient (Wildman–Crippen LogP) is 3.10. The summed E-state index contributed by atoms with van der Waals surface area (Å²) in [7, 11) is 0. The topological polar surface area (TPSA) is 20.3 Å². The lowest BCUT2D eigenvalue weighted by atomic mass is 10.0. The van der Waals surface area contributed by atoms with E-state index < -0.39 is 0 Å². The average Bonchev–Trinajstić information content (AvgIpc) is 2.78. The van der Waals surface area contributed by atoms with E-state index in [1.54, 1.807) is 0 Å². The van der Waals surface area contributed by atoms with Crippen LogP contribution >= 0.6 is 11.6 Å². The van der Waals surface area contributed by atoms with Crippen molar-refractivity contribution in [1.29, 1.82) is 0 Å². The Morgan fingerprint density at radius 2 is 2.11 bits per heavy atom. The Bertz CT molecular complexity index is 393. The van der Waals surface area contributed by atoms with Gasteiger partial charge in [-0.25, -0.2) is 0 Å². The lowest BCUT2D eigenvalue weighted by molar-refractivity contribution is -0.131. The molecule has 1 aromatic carbocycles. The predicted molar refractivity (Wildman–Crippen MR) is 74.8 cm³/mol. The van der Waals surface area contributed by atoms with Crippen molar-refractivity contribution in [2.75, 3.05) is 12.4 Å². The van der Waals surface area contributed by atoms with E-state index in [1.165, 1.54) is 5.56 Å². The summed E-state index contributed by atoms with van der Waals surface area (Å²) < 4.78 is 0. The van der Waals surface area contributed by atoms with Crippen LogP contribution in [0.25, 0.3) is 0 Å². The van der Waals surface area contributed by atoms with Crippen LogP contribution in [0.1, 0.15) is 25.3 Å². The molecule has 1 aliphatic rings. The fraction of sp³-hybridized carbons (Fsp3) is 0.533. The van der Waals surface area contributed by atoms with E-state index in [1.807, 2.05) is 23.1 Å². The summed E-state index contributed by atoms with van der Waals surface area (Å²) in [5, 5.41) is 0. The average molecular weight is 266 g/mol. The van der Waals surface area contributed by atoms with Gasteiger partial charge in [-0.1, -0.05) is 37.3 Å². The van der Waals surface area contributed by atoms with Gasteiger partial charge in [0, 0.05) is 24.9 Å². The molecule has 0 spiro atoms. The lowest BCUT2D eigenvalue weighted by Gasteiger charge is -2.25. The van der Waals surface area contributed by atoms with E-state index in [9.17, 15) is 4.79 Å². The number of hydrogen-bond donors (Lipinski definition) is 0. The summed E-state index contributed by atoms with van der Waals surface area (Å²) in [6, 6.07) is 10.4. The van der Waals surface area contributed by atoms with Crippen molar-refractivity contribution >= 4 is 17.5 Å². The molecule has 0 bridgehead atoms. The zero-order valence-corrected chi connectivity index (χ0v) is 11.6. The van der Waals surface area contributed by atoms with Crippen molar-refractivity contribution in [2.45, 2.75) is 32.2 Å². The molecule has 1 aliphatic heterocycles. The molecule has 1 heterocycles. The number of rotatable bonds is 4. The number of likely N-dealkylation sites (tertiary alicyclic amines) is 1. The third-order valence-electron chi connectivity index (χ3n) is 3.83. The van der Waals surface area contributed by atoms with Gasteiger partial charge in [-0.05, 0) is 24.3 Å². The zero-order chi connectivity index (χ0) is 13.0. The van der Waals surface area contributed by atoms with Crippen molar-refractivity contribution in [2.24, 2.45) is 5.92 Å². The Balaban J connectivity index is 1.88. The van der Waals surface area contributed by atoms with Gasteiger partial charge in [0.2, 0.25) is 5.91 Å². The van der Waals surface area contributed by atoms with Crippen LogP contribution in [0, 0.1) is 5.92 Å². The van der Waals surface area contributed by atoms with Gasteiger partial charge >= 0.3 is 0 Å². The third kappa shape index (κ3) is 3.05. The molecule has 2 atom stereocenters. The Morgan fingerprint density at radius 3 is 2.78 bits per heavy atom. The van der Waals surface area contributed by atoms with E-state index in [0.29, 0.717) is 18.2 Å². The summed E-state index contributed by atoms with van der Waals surface area (Å²) in [6.07, 6.45) is 2.48. The van der Waals surface area contributed by atoms with E-state index in [-0.39, 0.29) is 11.9 Å². The van der Waals surface area contributed by atoms with Crippen LogP contribution in [-0.2, 0) is 11.2 Å². The highest BCUT2D eigenvalue weighted by molar-refractivity contribution is 6.18. The van der Waals surface area contributed by atoms with Crippen molar-refractivity contribution in [1.82, 2.24) is 4.90 Å². The second-order valence-corrected chi connectivity index (χ2v) is 5.37.